The summed E-state index contributed by atoms with van der Waals surface area (Å²) in [5, 5.41) is 11.8. The fourth-order valence-corrected chi connectivity index (χ4v) is 2.01. The van der Waals surface area contributed by atoms with E-state index >= 15 is 0 Å². The standard InChI is InChI=1S/C11H17N3O/c1-2-11(8-12,14-10(13)15)9-6-4-3-5-7-9/h6H,2-5,7H2,1H3,(H3,13,14,15). The molecule has 1 aliphatic carbocycles. The summed E-state index contributed by atoms with van der Waals surface area (Å²) in [5.74, 6) is 0. The van der Waals surface area contributed by atoms with E-state index in [2.05, 4.69) is 17.5 Å². The largest absolute Gasteiger partial charge is 0.352 e. The second-order valence-electron chi connectivity index (χ2n) is 3.84. The summed E-state index contributed by atoms with van der Waals surface area (Å²) in [6.07, 6.45) is 6.71. The molecule has 0 bridgehead atoms. The Hall–Kier alpha value is -1.50. The maximum Gasteiger partial charge on any atom is 0.313 e. The van der Waals surface area contributed by atoms with Crippen molar-refractivity contribution in [2.24, 2.45) is 5.73 Å². The molecule has 1 atom stereocenters. The number of nitrogens with two attached hydrogens (primary N) is 1. The number of nitrogens with one attached hydrogen (secondary N) is 1. The number of carbonyl (C=O) groups excluding carboxylic acids is 1. The molecular weight excluding hydrogens is 190 g/mol. The van der Waals surface area contributed by atoms with E-state index in [9.17, 15) is 10.1 Å². The number of rotatable bonds is 3. The topological polar surface area (TPSA) is 78.9 Å². The molecule has 0 saturated heterocycles. The van der Waals surface area contributed by atoms with E-state index in [4.69, 9.17) is 5.73 Å². The lowest BCUT2D eigenvalue weighted by atomic mass is 9.82. The first kappa shape index (κ1) is 11.6. The van der Waals surface area contributed by atoms with E-state index in [-0.39, 0.29) is 0 Å². The third-order valence-electron chi connectivity index (χ3n) is 2.90. The zero-order valence-corrected chi connectivity index (χ0v) is 9.05. The van der Waals surface area contributed by atoms with Crippen molar-refractivity contribution < 1.29 is 4.79 Å². The molecule has 1 aliphatic rings. The molecule has 0 saturated carbocycles. The molecule has 3 N–H and O–H groups in total. The molecule has 4 heteroatoms. The van der Waals surface area contributed by atoms with Gasteiger partial charge in [0.15, 0.2) is 0 Å². The summed E-state index contributed by atoms with van der Waals surface area (Å²) in [4.78, 5) is 10.9. The minimum absolute atomic E-state index is 0.554. The van der Waals surface area contributed by atoms with Crippen LogP contribution in [0.3, 0.4) is 0 Å². The zero-order valence-electron chi connectivity index (χ0n) is 9.05. The van der Waals surface area contributed by atoms with Crippen molar-refractivity contribution in [3.63, 3.8) is 0 Å². The van der Waals surface area contributed by atoms with Gasteiger partial charge in [0.25, 0.3) is 0 Å². The highest BCUT2D eigenvalue weighted by Crippen LogP contribution is 2.29. The molecule has 0 fully saturated rings. The van der Waals surface area contributed by atoms with Gasteiger partial charge in [-0.15, -0.1) is 0 Å². The molecule has 0 heterocycles. The van der Waals surface area contributed by atoms with Crippen LogP contribution in [0, 0.1) is 11.3 Å². The first-order valence-corrected chi connectivity index (χ1v) is 5.33. The van der Waals surface area contributed by atoms with Gasteiger partial charge in [-0.05, 0) is 37.7 Å². The van der Waals surface area contributed by atoms with Gasteiger partial charge >= 0.3 is 6.03 Å². The van der Waals surface area contributed by atoms with Crippen LogP contribution in [0.1, 0.15) is 39.0 Å². The normalized spacial score (nSPS) is 19.6. The zero-order chi connectivity index (χ0) is 11.3. The molecule has 0 aromatic heterocycles. The molecule has 15 heavy (non-hydrogen) atoms. The molecule has 0 spiro atoms. The van der Waals surface area contributed by atoms with Gasteiger partial charge in [0.2, 0.25) is 0 Å². The highest BCUT2D eigenvalue weighted by molar-refractivity contribution is 5.74. The van der Waals surface area contributed by atoms with Crippen molar-refractivity contribution in [1.82, 2.24) is 5.32 Å². The van der Waals surface area contributed by atoms with Crippen molar-refractivity contribution in [3.05, 3.63) is 11.6 Å². The first-order chi connectivity index (χ1) is 7.14. The molecule has 82 valence electrons. The highest BCUT2D eigenvalue weighted by Gasteiger charge is 2.33. The van der Waals surface area contributed by atoms with E-state index in [1.165, 1.54) is 0 Å². The minimum Gasteiger partial charge on any atom is -0.352 e. The number of nitriles is 1. The van der Waals surface area contributed by atoms with Crippen LogP contribution < -0.4 is 11.1 Å². The predicted molar refractivity (Wildman–Crippen MR) is 57.9 cm³/mol. The molecular formula is C11H17N3O. The summed E-state index contributed by atoms with van der Waals surface area (Å²) < 4.78 is 0. The van der Waals surface area contributed by atoms with E-state index < -0.39 is 11.6 Å². The van der Waals surface area contributed by atoms with E-state index in [1.54, 1.807) is 0 Å². The number of carbonyl (C=O) groups is 1. The number of amides is 2. The maximum atomic E-state index is 10.9. The van der Waals surface area contributed by atoms with Crippen LogP contribution in [-0.2, 0) is 0 Å². The van der Waals surface area contributed by atoms with Gasteiger partial charge in [-0.1, -0.05) is 13.0 Å². The summed E-state index contributed by atoms with van der Waals surface area (Å²) in [5.41, 5.74) is 5.24. The fourth-order valence-electron chi connectivity index (χ4n) is 2.01. The lowest BCUT2D eigenvalue weighted by molar-refractivity contribution is 0.242. The van der Waals surface area contributed by atoms with E-state index in [0.29, 0.717) is 6.42 Å². The van der Waals surface area contributed by atoms with Crippen LogP contribution in [0.25, 0.3) is 0 Å². The molecule has 0 aliphatic heterocycles. The van der Waals surface area contributed by atoms with Crippen LogP contribution in [0.5, 0.6) is 0 Å². The number of urea groups is 1. The van der Waals surface area contributed by atoms with Crippen LogP contribution >= 0.6 is 0 Å². The Morgan fingerprint density at radius 2 is 2.47 bits per heavy atom. The summed E-state index contributed by atoms with van der Waals surface area (Å²) in [6, 6.07) is 1.55. The molecule has 0 aromatic carbocycles. The molecule has 0 radical (unpaired) electrons. The third kappa shape index (κ3) is 2.50. The maximum absolute atomic E-state index is 10.9. The minimum atomic E-state index is -0.883. The number of nitrogens with zero attached hydrogens (tertiary/aromatic N) is 1. The Kier molecular flexibility index (Phi) is 3.73. The van der Waals surface area contributed by atoms with Crippen molar-refractivity contribution in [2.75, 3.05) is 0 Å². The van der Waals surface area contributed by atoms with Crippen LogP contribution in [0.15, 0.2) is 11.6 Å². The Balaban J connectivity index is 2.94. The van der Waals surface area contributed by atoms with Gasteiger partial charge in [-0.3, -0.25) is 0 Å². The number of hydrogen-bond acceptors (Lipinski definition) is 2. The van der Waals surface area contributed by atoms with Crippen molar-refractivity contribution in [3.8, 4) is 6.07 Å². The monoisotopic (exact) mass is 207 g/mol. The molecule has 4 nitrogen and oxygen atoms in total. The van der Waals surface area contributed by atoms with Crippen molar-refractivity contribution in [2.45, 2.75) is 44.6 Å². The summed E-state index contributed by atoms with van der Waals surface area (Å²) in [6.45, 7) is 1.88. The van der Waals surface area contributed by atoms with Gasteiger partial charge in [0.05, 0.1) is 6.07 Å². The van der Waals surface area contributed by atoms with Gasteiger partial charge in [0.1, 0.15) is 5.54 Å². The van der Waals surface area contributed by atoms with Crippen LogP contribution in [-0.4, -0.2) is 11.6 Å². The van der Waals surface area contributed by atoms with Gasteiger partial charge in [-0.25, -0.2) is 4.79 Å². The third-order valence-corrected chi connectivity index (χ3v) is 2.90. The summed E-state index contributed by atoms with van der Waals surface area (Å²) >= 11 is 0. The van der Waals surface area contributed by atoms with Gasteiger partial charge in [-0.2, -0.15) is 5.26 Å². The highest BCUT2D eigenvalue weighted by atomic mass is 16.2. The first-order valence-electron chi connectivity index (χ1n) is 5.33. The average Bonchev–Trinajstić information content (AvgIpc) is 2.27. The number of allylic oxidation sites excluding steroid dienone is 1. The number of hydrogen-bond donors (Lipinski definition) is 2. The Labute approximate surface area is 90.1 Å². The number of primary amides is 1. The molecule has 2 amide bonds. The molecule has 1 rings (SSSR count). The smallest absolute Gasteiger partial charge is 0.313 e. The second-order valence-corrected chi connectivity index (χ2v) is 3.84. The van der Waals surface area contributed by atoms with E-state index in [1.807, 2.05) is 6.92 Å². The summed E-state index contributed by atoms with van der Waals surface area (Å²) in [7, 11) is 0. The quantitative estimate of drug-likeness (QED) is 0.692. The van der Waals surface area contributed by atoms with Crippen LogP contribution in [0.4, 0.5) is 4.79 Å². The lowest BCUT2D eigenvalue weighted by Crippen LogP contribution is -2.50. The lowest BCUT2D eigenvalue weighted by Gasteiger charge is -2.30. The molecule has 1 unspecified atom stereocenters. The Morgan fingerprint density at radius 1 is 1.73 bits per heavy atom. The van der Waals surface area contributed by atoms with Gasteiger partial charge in [0, 0.05) is 0 Å². The van der Waals surface area contributed by atoms with Gasteiger partial charge < -0.3 is 11.1 Å². The Morgan fingerprint density at radius 3 is 2.87 bits per heavy atom. The predicted octanol–water partition coefficient (Wildman–Crippen LogP) is 1.83. The van der Waals surface area contributed by atoms with Crippen LogP contribution in [0.2, 0.25) is 0 Å². The average molecular weight is 207 g/mol. The fraction of sp³-hybridized carbons (Fsp3) is 0.636. The SMILES string of the molecule is CCC(C#N)(NC(N)=O)C1=CCCCC1. The Bertz CT molecular complexity index is 316. The molecule has 0 aromatic rings. The second kappa shape index (κ2) is 4.83. The van der Waals surface area contributed by atoms with E-state index in [0.717, 1.165) is 31.3 Å². The van der Waals surface area contributed by atoms with Crippen molar-refractivity contribution in [1.29, 1.82) is 5.26 Å². The van der Waals surface area contributed by atoms with Crippen molar-refractivity contribution >= 4 is 6.03 Å².